The van der Waals surface area contributed by atoms with Crippen LogP contribution in [0.15, 0.2) is 47.6 Å². The van der Waals surface area contributed by atoms with Crippen LogP contribution in [-0.2, 0) is 5.75 Å². The summed E-state index contributed by atoms with van der Waals surface area (Å²) in [6.07, 6.45) is 1.29. The zero-order valence-corrected chi connectivity index (χ0v) is 11.4. The summed E-state index contributed by atoms with van der Waals surface area (Å²) >= 11 is 1.67. The number of aliphatic hydroxyl groups is 1. The molecule has 0 unspecified atom stereocenters. The molecule has 0 bridgehead atoms. The van der Waals surface area contributed by atoms with Crippen LogP contribution >= 0.6 is 11.8 Å². The molecule has 0 saturated carbocycles. The van der Waals surface area contributed by atoms with E-state index in [9.17, 15) is 5.11 Å². The predicted octanol–water partition coefficient (Wildman–Crippen LogP) is 3.74. The Morgan fingerprint density at radius 2 is 2.11 bits per heavy atom. The van der Waals surface area contributed by atoms with E-state index in [2.05, 4.69) is 36.2 Å². The van der Waals surface area contributed by atoms with Crippen LogP contribution in [0.3, 0.4) is 0 Å². The number of rotatable bonds is 4. The van der Waals surface area contributed by atoms with Crippen molar-refractivity contribution in [2.75, 3.05) is 0 Å². The average Bonchev–Trinajstić information content (AvgIpc) is 2.37. The topological polar surface area (TPSA) is 33.1 Å². The molecule has 1 aromatic carbocycles. The minimum atomic E-state index is -0.473. The smallest absolute Gasteiger partial charge is 0.102 e. The summed E-state index contributed by atoms with van der Waals surface area (Å²) in [6.45, 7) is 3.86. The maximum absolute atomic E-state index is 9.69. The SMILES string of the molecule is Cc1cccc(CSc2ncccc2[C@@H](C)O)c1. The number of thioether (sulfide) groups is 1. The van der Waals surface area contributed by atoms with E-state index in [1.165, 1.54) is 11.1 Å². The molecule has 2 rings (SSSR count). The Morgan fingerprint density at radius 3 is 2.83 bits per heavy atom. The van der Waals surface area contributed by atoms with Gasteiger partial charge in [0.25, 0.3) is 0 Å². The first-order chi connectivity index (χ1) is 8.66. The average molecular weight is 259 g/mol. The second kappa shape index (κ2) is 6.03. The number of benzene rings is 1. The first kappa shape index (κ1) is 13.1. The molecule has 1 N–H and O–H groups in total. The molecule has 0 spiro atoms. The van der Waals surface area contributed by atoms with Gasteiger partial charge in [-0.3, -0.25) is 0 Å². The third-order valence-corrected chi connectivity index (χ3v) is 3.80. The zero-order chi connectivity index (χ0) is 13.0. The lowest BCUT2D eigenvalue weighted by atomic mass is 10.2. The number of hydrogen-bond acceptors (Lipinski definition) is 3. The molecule has 0 radical (unpaired) electrons. The van der Waals surface area contributed by atoms with Crippen LogP contribution < -0.4 is 0 Å². The van der Waals surface area contributed by atoms with Crippen LogP contribution in [0.5, 0.6) is 0 Å². The predicted molar refractivity (Wildman–Crippen MR) is 75.6 cm³/mol. The first-order valence-corrected chi connectivity index (χ1v) is 6.96. The lowest BCUT2D eigenvalue weighted by Crippen LogP contribution is -1.96. The van der Waals surface area contributed by atoms with Gasteiger partial charge in [-0.1, -0.05) is 35.9 Å². The summed E-state index contributed by atoms with van der Waals surface area (Å²) in [5.74, 6) is 0.873. The van der Waals surface area contributed by atoms with Crippen LogP contribution in [0, 0.1) is 6.92 Å². The molecule has 2 nitrogen and oxygen atoms in total. The summed E-state index contributed by atoms with van der Waals surface area (Å²) in [7, 11) is 0. The van der Waals surface area contributed by atoms with Crippen LogP contribution in [0.2, 0.25) is 0 Å². The molecule has 0 aliphatic rings. The first-order valence-electron chi connectivity index (χ1n) is 5.98. The highest BCUT2D eigenvalue weighted by molar-refractivity contribution is 7.98. The summed E-state index contributed by atoms with van der Waals surface area (Å²) in [4.78, 5) is 4.34. The molecule has 94 valence electrons. The van der Waals surface area contributed by atoms with E-state index in [1.807, 2.05) is 12.1 Å². The van der Waals surface area contributed by atoms with Crippen molar-refractivity contribution in [3.05, 3.63) is 59.3 Å². The molecule has 0 amide bonds. The lowest BCUT2D eigenvalue weighted by molar-refractivity contribution is 0.195. The van der Waals surface area contributed by atoms with Crippen LogP contribution in [0.1, 0.15) is 29.7 Å². The Balaban J connectivity index is 2.11. The zero-order valence-electron chi connectivity index (χ0n) is 10.6. The highest BCUT2D eigenvalue weighted by Gasteiger charge is 2.09. The van der Waals surface area contributed by atoms with Crippen molar-refractivity contribution in [3.63, 3.8) is 0 Å². The Hall–Kier alpha value is -1.32. The van der Waals surface area contributed by atoms with Crippen molar-refractivity contribution in [2.45, 2.75) is 30.7 Å². The molecule has 1 heterocycles. The van der Waals surface area contributed by atoms with Gasteiger partial charge in [0.2, 0.25) is 0 Å². The van der Waals surface area contributed by atoms with E-state index in [4.69, 9.17) is 0 Å². The lowest BCUT2D eigenvalue weighted by Gasteiger charge is -2.10. The molecule has 3 heteroatoms. The van der Waals surface area contributed by atoms with Gasteiger partial charge < -0.3 is 5.11 Å². The Kier molecular flexibility index (Phi) is 4.39. The van der Waals surface area contributed by atoms with E-state index < -0.39 is 6.10 Å². The highest BCUT2D eigenvalue weighted by Crippen LogP contribution is 2.27. The standard InChI is InChI=1S/C15H17NOS/c1-11-5-3-6-13(9-11)10-18-15-14(12(2)17)7-4-8-16-15/h3-9,12,17H,10H2,1-2H3/t12-/m1/s1. The number of aryl methyl sites for hydroxylation is 1. The number of nitrogens with zero attached hydrogens (tertiary/aromatic N) is 1. The second-order valence-electron chi connectivity index (χ2n) is 4.35. The second-order valence-corrected chi connectivity index (χ2v) is 5.32. The van der Waals surface area contributed by atoms with Crippen molar-refractivity contribution < 1.29 is 5.11 Å². The Morgan fingerprint density at radius 1 is 1.28 bits per heavy atom. The van der Waals surface area contributed by atoms with Crippen molar-refractivity contribution in [1.82, 2.24) is 4.98 Å². The molecular weight excluding hydrogens is 242 g/mol. The van der Waals surface area contributed by atoms with E-state index >= 15 is 0 Å². The summed E-state index contributed by atoms with van der Waals surface area (Å²) in [6, 6.07) is 12.2. The number of hydrogen-bond donors (Lipinski definition) is 1. The van der Waals surface area contributed by atoms with E-state index in [-0.39, 0.29) is 0 Å². The number of aromatic nitrogens is 1. The fourth-order valence-electron chi connectivity index (χ4n) is 1.80. The quantitative estimate of drug-likeness (QED) is 0.849. The van der Waals surface area contributed by atoms with Crippen LogP contribution in [0.4, 0.5) is 0 Å². The van der Waals surface area contributed by atoms with Gasteiger partial charge in [-0.05, 0) is 25.5 Å². The molecule has 0 fully saturated rings. The van der Waals surface area contributed by atoms with Gasteiger partial charge in [-0.15, -0.1) is 11.8 Å². The van der Waals surface area contributed by atoms with Gasteiger partial charge in [-0.2, -0.15) is 0 Å². The fourth-order valence-corrected chi connectivity index (χ4v) is 2.82. The van der Waals surface area contributed by atoms with Crippen molar-refractivity contribution in [1.29, 1.82) is 0 Å². The van der Waals surface area contributed by atoms with E-state index in [0.717, 1.165) is 16.3 Å². The molecule has 0 saturated heterocycles. The van der Waals surface area contributed by atoms with Gasteiger partial charge in [0.05, 0.1) is 6.10 Å². The Bertz CT molecular complexity index is 525. The molecule has 0 aliphatic heterocycles. The monoisotopic (exact) mass is 259 g/mol. The molecule has 1 atom stereocenters. The molecule has 2 aromatic rings. The normalized spacial score (nSPS) is 12.4. The highest BCUT2D eigenvalue weighted by atomic mass is 32.2. The Labute approximate surface area is 112 Å². The minimum Gasteiger partial charge on any atom is -0.389 e. The number of aliphatic hydroxyl groups excluding tert-OH is 1. The van der Waals surface area contributed by atoms with Crippen LogP contribution in [-0.4, -0.2) is 10.1 Å². The largest absolute Gasteiger partial charge is 0.389 e. The minimum absolute atomic E-state index is 0.473. The third-order valence-electron chi connectivity index (χ3n) is 2.71. The summed E-state index contributed by atoms with van der Waals surface area (Å²) < 4.78 is 0. The molecule has 0 aliphatic carbocycles. The maximum atomic E-state index is 9.69. The van der Waals surface area contributed by atoms with E-state index in [1.54, 1.807) is 24.9 Å². The van der Waals surface area contributed by atoms with Gasteiger partial charge >= 0.3 is 0 Å². The third kappa shape index (κ3) is 3.34. The molecule has 1 aromatic heterocycles. The van der Waals surface area contributed by atoms with Gasteiger partial charge in [0.15, 0.2) is 0 Å². The molecule has 18 heavy (non-hydrogen) atoms. The molecular formula is C15H17NOS. The summed E-state index contributed by atoms with van der Waals surface area (Å²) in [5, 5.41) is 10.6. The van der Waals surface area contributed by atoms with Crippen LogP contribution in [0.25, 0.3) is 0 Å². The van der Waals surface area contributed by atoms with Gasteiger partial charge in [0.1, 0.15) is 5.03 Å². The summed E-state index contributed by atoms with van der Waals surface area (Å²) in [5.41, 5.74) is 3.45. The fraction of sp³-hybridized carbons (Fsp3) is 0.267. The van der Waals surface area contributed by atoms with Crippen molar-refractivity contribution >= 4 is 11.8 Å². The maximum Gasteiger partial charge on any atom is 0.102 e. The van der Waals surface area contributed by atoms with Gasteiger partial charge in [-0.25, -0.2) is 4.98 Å². The van der Waals surface area contributed by atoms with Crippen molar-refractivity contribution in [2.24, 2.45) is 0 Å². The van der Waals surface area contributed by atoms with Gasteiger partial charge in [0, 0.05) is 17.5 Å². The van der Waals surface area contributed by atoms with E-state index in [0.29, 0.717) is 0 Å². The van der Waals surface area contributed by atoms with Crippen molar-refractivity contribution in [3.8, 4) is 0 Å². The number of pyridine rings is 1.